The molecule has 0 aliphatic carbocycles. The zero-order valence-electron chi connectivity index (χ0n) is 11.0. The fourth-order valence-corrected chi connectivity index (χ4v) is 1.54. The van der Waals surface area contributed by atoms with Gasteiger partial charge in [-0.2, -0.15) is 0 Å². The zero-order valence-corrected chi connectivity index (χ0v) is 11.0. The standard InChI is InChI=1S/C15H20O3/c1-4-7-12-8-10-13(11-9-12)17-15(6-3)18-14(16)5-2/h5,8-11,15H,2,4,6-7H2,1,3H3. The molecule has 0 amide bonds. The van der Waals surface area contributed by atoms with Crippen LogP contribution in [0.5, 0.6) is 5.75 Å². The lowest BCUT2D eigenvalue weighted by Gasteiger charge is -2.17. The zero-order chi connectivity index (χ0) is 13.4. The molecular formula is C15H20O3. The average Bonchev–Trinajstić information content (AvgIpc) is 2.40. The van der Waals surface area contributed by atoms with Crippen molar-refractivity contribution in [3.8, 4) is 5.75 Å². The number of rotatable bonds is 7. The van der Waals surface area contributed by atoms with Crippen molar-refractivity contribution >= 4 is 5.97 Å². The van der Waals surface area contributed by atoms with Crippen LogP contribution in [-0.4, -0.2) is 12.3 Å². The maximum Gasteiger partial charge on any atom is 0.333 e. The van der Waals surface area contributed by atoms with Gasteiger partial charge in [-0.05, 0) is 24.1 Å². The fraction of sp³-hybridized carbons (Fsp3) is 0.400. The van der Waals surface area contributed by atoms with Gasteiger partial charge in [-0.3, -0.25) is 0 Å². The van der Waals surface area contributed by atoms with E-state index in [4.69, 9.17) is 9.47 Å². The molecule has 0 saturated carbocycles. The summed E-state index contributed by atoms with van der Waals surface area (Å²) in [5, 5.41) is 0. The van der Waals surface area contributed by atoms with Crippen LogP contribution in [0.3, 0.4) is 0 Å². The van der Waals surface area contributed by atoms with Crippen LogP contribution < -0.4 is 4.74 Å². The molecule has 0 heterocycles. The summed E-state index contributed by atoms with van der Waals surface area (Å²) in [4.78, 5) is 11.1. The van der Waals surface area contributed by atoms with E-state index >= 15 is 0 Å². The molecule has 3 nitrogen and oxygen atoms in total. The minimum Gasteiger partial charge on any atom is -0.455 e. The quantitative estimate of drug-likeness (QED) is 0.421. The maximum atomic E-state index is 11.1. The van der Waals surface area contributed by atoms with Crippen molar-refractivity contribution in [2.24, 2.45) is 0 Å². The van der Waals surface area contributed by atoms with Gasteiger partial charge in [-0.1, -0.05) is 39.0 Å². The number of carbonyl (C=O) groups is 1. The molecule has 1 aromatic rings. The summed E-state index contributed by atoms with van der Waals surface area (Å²) >= 11 is 0. The highest BCUT2D eigenvalue weighted by molar-refractivity contribution is 5.81. The van der Waals surface area contributed by atoms with Crippen molar-refractivity contribution in [3.05, 3.63) is 42.5 Å². The van der Waals surface area contributed by atoms with Crippen LogP contribution in [-0.2, 0) is 16.0 Å². The first-order valence-electron chi connectivity index (χ1n) is 6.28. The maximum absolute atomic E-state index is 11.1. The van der Waals surface area contributed by atoms with Crippen molar-refractivity contribution in [2.45, 2.75) is 39.4 Å². The van der Waals surface area contributed by atoms with E-state index in [9.17, 15) is 4.79 Å². The Labute approximate surface area is 108 Å². The smallest absolute Gasteiger partial charge is 0.333 e. The summed E-state index contributed by atoms with van der Waals surface area (Å²) in [7, 11) is 0. The molecule has 3 heteroatoms. The normalized spacial score (nSPS) is 11.7. The molecule has 98 valence electrons. The minimum absolute atomic E-state index is 0.468. The lowest BCUT2D eigenvalue weighted by Crippen LogP contribution is -2.22. The Morgan fingerprint density at radius 1 is 1.33 bits per heavy atom. The van der Waals surface area contributed by atoms with E-state index in [0.717, 1.165) is 18.9 Å². The molecule has 18 heavy (non-hydrogen) atoms. The molecule has 1 atom stereocenters. The van der Waals surface area contributed by atoms with Gasteiger partial charge in [0.1, 0.15) is 5.75 Å². The molecule has 1 aromatic carbocycles. The molecule has 0 fully saturated rings. The van der Waals surface area contributed by atoms with E-state index in [-0.39, 0.29) is 0 Å². The summed E-state index contributed by atoms with van der Waals surface area (Å²) in [6.07, 6.45) is 3.34. The van der Waals surface area contributed by atoms with Crippen molar-refractivity contribution in [1.82, 2.24) is 0 Å². The van der Waals surface area contributed by atoms with Crippen molar-refractivity contribution < 1.29 is 14.3 Å². The number of carbonyl (C=O) groups excluding carboxylic acids is 1. The third-order valence-corrected chi connectivity index (χ3v) is 2.48. The highest BCUT2D eigenvalue weighted by atomic mass is 16.7. The molecular weight excluding hydrogens is 228 g/mol. The minimum atomic E-state index is -0.562. The van der Waals surface area contributed by atoms with Gasteiger partial charge in [0.25, 0.3) is 0 Å². The van der Waals surface area contributed by atoms with Crippen molar-refractivity contribution in [1.29, 1.82) is 0 Å². The SMILES string of the molecule is C=CC(=O)OC(CC)Oc1ccc(CCC)cc1. The van der Waals surface area contributed by atoms with Crippen LogP contribution in [0.15, 0.2) is 36.9 Å². The number of esters is 1. The number of aryl methyl sites for hydroxylation is 1. The lowest BCUT2D eigenvalue weighted by molar-refractivity contribution is -0.157. The monoisotopic (exact) mass is 248 g/mol. The van der Waals surface area contributed by atoms with Gasteiger partial charge >= 0.3 is 5.97 Å². The summed E-state index contributed by atoms with van der Waals surface area (Å²) in [5.41, 5.74) is 1.28. The Morgan fingerprint density at radius 2 is 2.00 bits per heavy atom. The fourth-order valence-electron chi connectivity index (χ4n) is 1.54. The van der Waals surface area contributed by atoms with Gasteiger partial charge in [0.05, 0.1) is 0 Å². The molecule has 0 aromatic heterocycles. The first-order chi connectivity index (χ1) is 8.69. The second kappa shape index (κ2) is 7.54. The van der Waals surface area contributed by atoms with Crippen LogP contribution in [0.1, 0.15) is 32.3 Å². The lowest BCUT2D eigenvalue weighted by atomic mass is 10.1. The van der Waals surface area contributed by atoms with Crippen LogP contribution in [0.2, 0.25) is 0 Å². The Hall–Kier alpha value is -1.77. The highest BCUT2D eigenvalue weighted by Gasteiger charge is 2.11. The van der Waals surface area contributed by atoms with Crippen molar-refractivity contribution in [3.63, 3.8) is 0 Å². The Balaban J connectivity index is 2.58. The number of hydrogen-bond donors (Lipinski definition) is 0. The number of hydrogen-bond acceptors (Lipinski definition) is 3. The number of ether oxygens (including phenoxy) is 2. The van der Waals surface area contributed by atoms with Crippen LogP contribution in [0, 0.1) is 0 Å². The Morgan fingerprint density at radius 3 is 2.50 bits per heavy atom. The predicted molar refractivity (Wildman–Crippen MR) is 71.4 cm³/mol. The third-order valence-electron chi connectivity index (χ3n) is 2.48. The topological polar surface area (TPSA) is 35.5 Å². The molecule has 0 saturated heterocycles. The Kier molecular flexibility index (Phi) is 5.98. The van der Waals surface area contributed by atoms with Crippen LogP contribution in [0.25, 0.3) is 0 Å². The van der Waals surface area contributed by atoms with Gasteiger partial charge in [0.2, 0.25) is 6.29 Å². The van der Waals surface area contributed by atoms with E-state index in [1.165, 1.54) is 5.56 Å². The van der Waals surface area contributed by atoms with Crippen LogP contribution in [0.4, 0.5) is 0 Å². The van der Waals surface area contributed by atoms with E-state index in [1.54, 1.807) is 0 Å². The molecule has 0 spiro atoms. The largest absolute Gasteiger partial charge is 0.455 e. The first-order valence-corrected chi connectivity index (χ1v) is 6.28. The molecule has 0 aliphatic heterocycles. The van der Waals surface area contributed by atoms with Crippen LogP contribution >= 0.6 is 0 Å². The second-order valence-corrected chi connectivity index (χ2v) is 3.99. The van der Waals surface area contributed by atoms with E-state index in [0.29, 0.717) is 12.2 Å². The van der Waals surface area contributed by atoms with Gasteiger partial charge < -0.3 is 9.47 Å². The molecule has 1 unspecified atom stereocenters. The van der Waals surface area contributed by atoms with Gasteiger partial charge in [-0.25, -0.2) is 4.79 Å². The molecule has 1 rings (SSSR count). The van der Waals surface area contributed by atoms with Gasteiger partial charge in [0, 0.05) is 12.5 Å². The second-order valence-electron chi connectivity index (χ2n) is 3.99. The first kappa shape index (κ1) is 14.3. The molecule has 0 bridgehead atoms. The van der Waals surface area contributed by atoms with Gasteiger partial charge in [-0.15, -0.1) is 0 Å². The van der Waals surface area contributed by atoms with E-state index < -0.39 is 12.3 Å². The van der Waals surface area contributed by atoms with Crippen molar-refractivity contribution in [2.75, 3.05) is 0 Å². The third kappa shape index (κ3) is 4.62. The molecule has 0 N–H and O–H groups in total. The molecule has 0 aliphatic rings. The Bertz CT molecular complexity index is 381. The predicted octanol–water partition coefficient (Wildman–Crippen LogP) is 3.48. The summed E-state index contributed by atoms with van der Waals surface area (Å²) < 4.78 is 10.6. The highest BCUT2D eigenvalue weighted by Crippen LogP contribution is 2.16. The van der Waals surface area contributed by atoms with E-state index in [2.05, 4.69) is 13.5 Å². The summed E-state index contributed by atoms with van der Waals surface area (Å²) in [5.74, 6) is 0.239. The number of benzene rings is 1. The molecule has 0 radical (unpaired) electrons. The summed E-state index contributed by atoms with van der Waals surface area (Å²) in [6.45, 7) is 7.40. The van der Waals surface area contributed by atoms with Gasteiger partial charge in [0.15, 0.2) is 0 Å². The van der Waals surface area contributed by atoms with E-state index in [1.807, 2.05) is 31.2 Å². The average molecular weight is 248 g/mol. The summed E-state index contributed by atoms with van der Waals surface area (Å²) in [6, 6.07) is 7.85.